The highest BCUT2D eigenvalue weighted by atomic mass is 14.2. The molecule has 0 bridgehead atoms. The van der Waals surface area contributed by atoms with Crippen LogP contribution < -0.4 is 0 Å². The van der Waals surface area contributed by atoms with Gasteiger partial charge in [0.25, 0.3) is 0 Å². The summed E-state index contributed by atoms with van der Waals surface area (Å²) in [6, 6.07) is 92.9. The molecule has 0 aromatic heterocycles. The number of hydrogen-bond donors (Lipinski definition) is 0. The Balaban J connectivity index is 0.773. The summed E-state index contributed by atoms with van der Waals surface area (Å²) < 4.78 is 0. The Morgan fingerprint density at radius 3 is 0.576 bits per heavy atom. The lowest BCUT2D eigenvalue weighted by Crippen LogP contribution is -1.90. The molecule has 0 saturated carbocycles. The summed E-state index contributed by atoms with van der Waals surface area (Å²) in [6.45, 7) is 0. The lowest BCUT2D eigenvalue weighted by atomic mass is 9.86. The van der Waals surface area contributed by atoms with Crippen LogP contribution in [-0.2, 0) is 0 Å². The van der Waals surface area contributed by atoms with Gasteiger partial charge in [-0.3, -0.25) is 0 Å². The minimum absolute atomic E-state index is 1.17. The van der Waals surface area contributed by atoms with Crippen LogP contribution in [0.15, 0.2) is 255 Å². The number of fused-ring (bicyclic) bond motifs is 4. The molecule has 308 valence electrons. The first-order chi connectivity index (χ1) is 32.7. The van der Waals surface area contributed by atoms with Crippen LogP contribution in [0.4, 0.5) is 0 Å². The molecule has 0 aliphatic heterocycles. The third kappa shape index (κ3) is 7.06. The van der Waals surface area contributed by atoms with E-state index in [2.05, 4.69) is 267 Å². The molecule has 0 heterocycles. The summed E-state index contributed by atoms with van der Waals surface area (Å²) in [5.41, 5.74) is 17.2. The zero-order chi connectivity index (χ0) is 43.8. The lowest BCUT2D eigenvalue weighted by molar-refractivity contribution is 1.59. The molecule has 0 unspecified atom stereocenters. The Hall–Kier alpha value is -8.58. The molecule has 0 spiro atoms. The molecular formula is C66H44. The minimum atomic E-state index is 1.17. The van der Waals surface area contributed by atoms with Crippen LogP contribution in [0.5, 0.6) is 0 Å². The molecule has 0 atom stereocenters. The molecule has 12 aromatic rings. The molecule has 0 radical (unpaired) electrons. The highest BCUT2D eigenvalue weighted by Gasteiger charge is 2.18. The second-order valence-corrected chi connectivity index (χ2v) is 17.1. The summed E-state index contributed by atoms with van der Waals surface area (Å²) in [5.74, 6) is 0. The van der Waals surface area contributed by atoms with E-state index in [1.807, 2.05) is 0 Å². The van der Waals surface area contributed by atoms with Crippen molar-refractivity contribution in [3.05, 3.63) is 266 Å². The van der Waals surface area contributed by atoms with E-state index in [0.717, 1.165) is 0 Å². The molecule has 0 saturated heterocycles. The van der Waals surface area contributed by atoms with Gasteiger partial charge >= 0.3 is 0 Å². The quantitative estimate of drug-likeness (QED) is 0.106. The van der Waals surface area contributed by atoms with E-state index in [1.54, 1.807) is 0 Å². The minimum Gasteiger partial charge on any atom is -0.0622 e. The third-order valence-corrected chi connectivity index (χ3v) is 13.3. The maximum absolute atomic E-state index is 2.28. The predicted octanol–water partition coefficient (Wildman–Crippen LogP) is 18.5. The summed E-state index contributed by atoms with van der Waals surface area (Å²) >= 11 is 0. The molecule has 12 aromatic carbocycles. The van der Waals surface area contributed by atoms with Crippen LogP contribution >= 0.6 is 0 Å². The van der Waals surface area contributed by atoms with Crippen molar-refractivity contribution in [2.24, 2.45) is 0 Å². The third-order valence-electron chi connectivity index (χ3n) is 13.3. The fraction of sp³-hybridized carbons (Fsp3) is 0. The zero-order valence-electron chi connectivity index (χ0n) is 36.4. The zero-order valence-corrected chi connectivity index (χ0v) is 36.4. The molecule has 0 heteroatoms. The van der Waals surface area contributed by atoms with Gasteiger partial charge in [-0.25, -0.2) is 0 Å². The van der Waals surface area contributed by atoms with Crippen molar-refractivity contribution in [2.75, 3.05) is 0 Å². The Labute approximate surface area is 386 Å². The molecule has 0 aliphatic carbocycles. The lowest BCUT2D eigenvalue weighted by Gasteiger charge is -2.18. The highest BCUT2D eigenvalue weighted by molar-refractivity contribution is 6.22. The normalized spacial score (nSPS) is 11.6. The Morgan fingerprint density at radius 2 is 0.333 bits per heavy atom. The molecule has 0 fully saturated rings. The van der Waals surface area contributed by atoms with Gasteiger partial charge in [-0.05, 0) is 121 Å². The largest absolute Gasteiger partial charge is 0.0622 e. The topological polar surface area (TPSA) is 0 Å². The maximum atomic E-state index is 2.28. The standard InChI is InChI=1S/C66H44/c1-3-15-51(16-4-1)63-55-19-7-11-23-59(55)65(60-24-12-8-20-56(60)63)53-41-37-49(38-42-53)47-33-29-45(30-34-47)27-28-46-31-35-48(36-32-46)50-39-43-54(44-40-50)66-61-25-13-9-21-57(61)64(52-17-5-2-6-18-52)58-22-10-14-26-62(58)66/h1-44H. The van der Waals surface area contributed by atoms with E-state index in [1.165, 1.54) is 121 Å². The van der Waals surface area contributed by atoms with Gasteiger partial charge in [0, 0.05) is 0 Å². The van der Waals surface area contributed by atoms with Crippen LogP contribution in [0.1, 0.15) is 11.1 Å². The van der Waals surface area contributed by atoms with Crippen molar-refractivity contribution in [3.63, 3.8) is 0 Å². The van der Waals surface area contributed by atoms with E-state index in [4.69, 9.17) is 0 Å². The summed E-state index contributed by atoms with van der Waals surface area (Å²) in [7, 11) is 0. The average molecular weight is 837 g/mol. The fourth-order valence-electron chi connectivity index (χ4n) is 10.1. The van der Waals surface area contributed by atoms with E-state index in [-0.39, 0.29) is 0 Å². The van der Waals surface area contributed by atoms with E-state index < -0.39 is 0 Å². The molecular weight excluding hydrogens is 793 g/mol. The molecule has 12 rings (SSSR count). The predicted molar refractivity (Wildman–Crippen MR) is 284 cm³/mol. The maximum Gasteiger partial charge on any atom is -0.00264 e. The van der Waals surface area contributed by atoms with Crippen molar-refractivity contribution in [3.8, 4) is 66.8 Å². The Kier molecular flexibility index (Phi) is 9.97. The monoisotopic (exact) mass is 836 g/mol. The van der Waals surface area contributed by atoms with Gasteiger partial charge in [-0.15, -0.1) is 0 Å². The number of hydrogen-bond acceptors (Lipinski definition) is 0. The number of benzene rings is 12. The summed E-state index contributed by atoms with van der Waals surface area (Å²) in [4.78, 5) is 0. The van der Waals surface area contributed by atoms with Crippen molar-refractivity contribution in [1.82, 2.24) is 0 Å². The van der Waals surface area contributed by atoms with Crippen LogP contribution in [0.2, 0.25) is 0 Å². The first kappa shape index (κ1) is 39.0. The molecule has 0 nitrogen and oxygen atoms in total. The van der Waals surface area contributed by atoms with Crippen molar-refractivity contribution < 1.29 is 0 Å². The van der Waals surface area contributed by atoms with Crippen LogP contribution in [0.3, 0.4) is 0 Å². The first-order valence-corrected chi connectivity index (χ1v) is 22.8. The second-order valence-electron chi connectivity index (χ2n) is 17.1. The van der Waals surface area contributed by atoms with Crippen LogP contribution in [0, 0.1) is 0 Å². The van der Waals surface area contributed by atoms with Gasteiger partial charge in [0.1, 0.15) is 0 Å². The fourth-order valence-corrected chi connectivity index (χ4v) is 10.1. The van der Waals surface area contributed by atoms with E-state index in [9.17, 15) is 0 Å². The summed E-state index contributed by atoms with van der Waals surface area (Å²) in [5, 5.41) is 10.2. The van der Waals surface area contributed by atoms with Crippen molar-refractivity contribution >= 4 is 55.2 Å². The van der Waals surface area contributed by atoms with Gasteiger partial charge in [-0.2, -0.15) is 0 Å². The van der Waals surface area contributed by atoms with Crippen LogP contribution in [0.25, 0.3) is 122 Å². The molecule has 66 heavy (non-hydrogen) atoms. The molecule has 0 aliphatic rings. The second kappa shape index (κ2) is 16.8. The molecule has 0 amide bonds. The van der Waals surface area contributed by atoms with Gasteiger partial charge in [0.15, 0.2) is 0 Å². The SMILES string of the molecule is C(=Cc1ccc(-c2ccc(-c3c4ccccc4c(-c4ccccc4)c4ccccc34)cc2)cc1)c1ccc(-c2ccc(-c3c4ccccc4c(-c4ccccc4)c4ccccc34)cc2)cc1. The summed E-state index contributed by atoms with van der Waals surface area (Å²) in [6.07, 6.45) is 4.40. The Morgan fingerprint density at radius 1 is 0.152 bits per heavy atom. The number of rotatable bonds is 8. The van der Waals surface area contributed by atoms with Crippen molar-refractivity contribution in [2.45, 2.75) is 0 Å². The highest BCUT2D eigenvalue weighted by Crippen LogP contribution is 2.45. The Bertz CT molecular complexity index is 3360. The van der Waals surface area contributed by atoms with E-state index in [0.29, 0.717) is 0 Å². The first-order valence-electron chi connectivity index (χ1n) is 22.8. The molecule has 0 N–H and O–H groups in total. The van der Waals surface area contributed by atoms with Crippen molar-refractivity contribution in [1.29, 1.82) is 0 Å². The van der Waals surface area contributed by atoms with Gasteiger partial charge in [0.05, 0.1) is 0 Å². The van der Waals surface area contributed by atoms with Crippen LogP contribution in [-0.4, -0.2) is 0 Å². The smallest absolute Gasteiger partial charge is 0.00264 e. The average Bonchev–Trinajstić information content (AvgIpc) is 3.40. The van der Waals surface area contributed by atoms with Gasteiger partial charge in [0.2, 0.25) is 0 Å². The van der Waals surface area contributed by atoms with E-state index >= 15 is 0 Å². The van der Waals surface area contributed by atoms with Gasteiger partial charge < -0.3 is 0 Å². The van der Waals surface area contributed by atoms with Gasteiger partial charge in [-0.1, -0.05) is 267 Å².